The number of amides is 1. The van der Waals surface area contributed by atoms with E-state index in [2.05, 4.69) is 22.0 Å². The number of nitrogens with one attached hydrogen (secondary N) is 2. The quantitative estimate of drug-likeness (QED) is 0.420. The molecule has 1 aliphatic rings. The smallest absolute Gasteiger partial charge is 0.261 e. The third kappa shape index (κ3) is 6.46. The van der Waals surface area contributed by atoms with E-state index in [-0.39, 0.29) is 22.8 Å². The van der Waals surface area contributed by atoms with Gasteiger partial charge >= 0.3 is 0 Å². The lowest BCUT2D eigenvalue weighted by Gasteiger charge is -2.37. The SMILES string of the molecule is CCOc1cc([C@@H]2CN(C)CC[C@@H]2NC(=O)c2ccc(NS(=O)(=O)c3ccc(C)cc3)cc2)ccc1OC. The Hall–Kier alpha value is -3.56. The average molecular weight is 538 g/mol. The molecule has 1 aliphatic heterocycles. The van der Waals surface area contributed by atoms with Gasteiger partial charge in [-0.2, -0.15) is 0 Å². The molecule has 202 valence electrons. The third-order valence-corrected chi connectivity index (χ3v) is 8.18. The molecule has 0 spiro atoms. The monoisotopic (exact) mass is 537 g/mol. The molecule has 0 aromatic heterocycles. The van der Waals surface area contributed by atoms with Crippen LogP contribution in [0.5, 0.6) is 11.5 Å². The highest BCUT2D eigenvalue weighted by molar-refractivity contribution is 7.92. The van der Waals surface area contributed by atoms with Gasteiger partial charge in [0.2, 0.25) is 0 Å². The number of rotatable bonds is 9. The van der Waals surface area contributed by atoms with Gasteiger partial charge in [-0.25, -0.2) is 8.42 Å². The standard InChI is InChI=1S/C29H35N3O5S/c1-5-37-28-18-22(10-15-27(28)36-4)25-19-32(3)17-16-26(25)30-29(33)21-8-11-23(12-9-21)31-38(34,35)24-13-6-20(2)7-14-24/h6-15,18,25-26,31H,5,16-17,19H2,1-4H3,(H,30,33)/t25-,26-/m0/s1. The molecule has 1 saturated heterocycles. The second-order valence-corrected chi connectivity index (χ2v) is 11.3. The molecule has 3 aromatic rings. The Morgan fingerprint density at radius 2 is 1.74 bits per heavy atom. The first-order chi connectivity index (χ1) is 18.2. The van der Waals surface area contributed by atoms with Crippen molar-refractivity contribution in [2.75, 3.05) is 38.6 Å². The number of anilines is 1. The highest BCUT2D eigenvalue weighted by atomic mass is 32.2. The van der Waals surface area contributed by atoms with Crippen molar-refractivity contribution in [2.24, 2.45) is 0 Å². The number of nitrogens with zero attached hydrogens (tertiary/aromatic N) is 1. The molecule has 0 bridgehead atoms. The number of likely N-dealkylation sites (tertiary alicyclic amines) is 1. The second kappa shape index (κ2) is 11.9. The average Bonchev–Trinajstić information content (AvgIpc) is 2.90. The summed E-state index contributed by atoms with van der Waals surface area (Å²) in [7, 11) is -0.0198. The van der Waals surface area contributed by atoms with E-state index in [1.54, 1.807) is 55.6 Å². The van der Waals surface area contributed by atoms with Crippen LogP contribution < -0.4 is 19.5 Å². The molecule has 1 fully saturated rings. The minimum Gasteiger partial charge on any atom is -0.493 e. The summed E-state index contributed by atoms with van der Waals surface area (Å²) in [6.07, 6.45) is 0.803. The molecule has 38 heavy (non-hydrogen) atoms. The first-order valence-corrected chi connectivity index (χ1v) is 14.2. The number of likely N-dealkylation sites (N-methyl/N-ethyl adjacent to an activating group) is 1. The van der Waals surface area contributed by atoms with Crippen molar-refractivity contribution in [3.63, 3.8) is 0 Å². The molecule has 1 amide bonds. The lowest BCUT2D eigenvalue weighted by molar-refractivity contribution is 0.0904. The zero-order valence-corrected chi connectivity index (χ0v) is 23.0. The maximum atomic E-state index is 13.2. The van der Waals surface area contributed by atoms with Gasteiger partial charge in [-0.05, 0) is 88.0 Å². The normalized spacial score (nSPS) is 18.0. The van der Waals surface area contributed by atoms with Gasteiger partial charge in [-0.1, -0.05) is 23.8 Å². The molecule has 3 aromatic carbocycles. The van der Waals surface area contributed by atoms with Crippen molar-refractivity contribution in [3.05, 3.63) is 83.4 Å². The van der Waals surface area contributed by atoms with Gasteiger partial charge in [-0.3, -0.25) is 9.52 Å². The Balaban J connectivity index is 1.47. The minimum atomic E-state index is -3.72. The Bertz CT molecular complexity index is 1360. The Labute approximate surface area is 225 Å². The first kappa shape index (κ1) is 27.5. The molecule has 9 heteroatoms. The summed E-state index contributed by atoms with van der Waals surface area (Å²) >= 11 is 0. The third-order valence-electron chi connectivity index (χ3n) is 6.78. The number of carbonyl (C=O) groups excluding carboxylic acids is 1. The topological polar surface area (TPSA) is 97.0 Å². The first-order valence-electron chi connectivity index (χ1n) is 12.7. The molecule has 4 rings (SSSR count). The number of carbonyl (C=O) groups is 1. The number of methoxy groups -OCH3 is 1. The zero-order valence-electron chi connectivity index (χ0n) is 22.2. The van der Waals surface area contributed by atoms with Crippen molar-refractivity contribution in [1.82, 2.24) is 10.2 Å². The maximum Gasteiger partial charge on any atom is 0.261 e. The van der Waals surface area contributed by atoms with E-state index in [0.717, 1.165) is 30.6 Å². The van der Waals surface area contributed by atoms with E-state index in [0.29, 0.717) is 29.4 Å². The van der Waals surface area contributed by atoms with Crippen LogP contribution in [-0.2, 0) is 10.0 Å². The number of benzene rings is 3. The zero-order chi connectivity index (χ0) is 27.3. The summed E-state index contributed by atoms with van der Waals surface area (Å²) in [5.41, 5.74) is 2.91. The van der Waals surface area contributed by atoms with Crippen molar-refractivity contribution in [1.29, 1.82) is 0 Å². The summed E-state index contributed by atoms with van der Waals surface area (Å²) in [5.74, 6) is 1.24. The summed E-state index contributed by atoms with van der Waals surface area (Å²) < 4.78 is 39.2. The molecule has 0 saturated carbocycles. The van der Waals surface area contributed by atoms with Crippen LogP contribution in [0.4, 0.5) is 5.69 Å². The number of sulfonamides is 1. The van der Waals surface area contributed by atoms with Gasteiger partial charge in [0.05, 0.1) is 18.6 Å². The molecule has 0 radical (unpaired) electrons. The van der Waals surface area contributed by atoms with Crippen LogP contribution in [0.1, 0.15) is 40.7 Å². The van der Waals surface area contributed by atoms with Crippen LogP contribution >= 0.6 is 0 Å². The van der Waals surface area contributed by atoms with E-state index in [9.17, 15) is 13.2 Å². The minimum absolute atomic E-state index is 0.0683. The number of ether oxygens (including phenoxy) is 2. The van der Waals surface area contributed by atoms with Crippen molar-refractivity contribution in [2.45, 2.75) is 37.1 Å². The van der Waals surface area contributed by atoms with E-state index in [1.807, 2.05) is 32.0 Å². The molecule has 2 N–H and O–H groups in total. The van der Waals surface area contributed by atoms with Gasteiger partial charge in [0.25, 0.3) is 15.9 Å². The van der Waals surface area contributed by atoms with Crippen LogP contribution in [0, 0.1) is 6.92 Å². The van der Waals surface area contributed by atoms with Gasteiger partial charge in [0.15, 0.2) is 11.5 Å². The second-order valence-electron chi connectivity index (χ2n) is 9.58. The largest absolute Gasteiger partial charge is 0.493 e. The maximum absolute atomic E-state index is 13.2. The predicted octanol–water partition coefficient (Wildman–Crippen LogP) is 4.42. The number of aryl methyl sites for hydroxylation is 1. The molecular weight excluding hydrogens is 502 g/mol. The Morgan fingerprint density at radius 3 is 2.39 bits per heavy atom. The molecule has 8 nitrogen and oxygen atoms in total. The Morgan fingerprint density at radius 1 is 1.03 bits per heavy atom. The fourth-order valence-electron chi connectivity index (χ4n) is 4.69. The summed E-state index contributed by atoms with van der Waals surface area (Å²) in [4.78, 5) is 15.6. The number of hydrogen-bond acceptors (Lipinski definition) is 6. The number of piperidine rings is 1. The number of hydrogen-bond donors (Lipinski definition) is 2. The molecule has 0 unspecified atom stereocenters. The van der Waals surface area contributed by atoms with Crippen LogP contribution in [0.15, 0.2) is 71.6 Å². The molecule has 2 atom stereocenters. The van der Waals surface area contributed by atoms with Gasteiger partial charge < -0.3 is 19.7 Å². The van der Waals surface area contributed by atoms with Gasteiger partial charge in [0, 0.05) is 29.8 Å². The lowest BCUT2D eigenvalue weighted by atomic mass is 9.85. The molecule has 1 heterocycles. The summed E-state index contributed by atoms with van der Waals surface area (Å²) in [5, 5.41) is 3.21. The fourth-order valence-corrected chi connectivity index (χ4v) is 5.75. The van der Waals surface area contributed by atoms with Gasteiger partial charge in [-0.15, -0.1) is 0 Å². The van der Waals surface area contributed by atoms with E-state index in [1.165, 1.54) is 0 Å². The Kier molecular flexibility index (Phi) is 8.58. The lowest BCUT2D eigenvalue weighted by Crippen LogP contribution is -2.48. The predicted molar refractivity (Wildman–Crippen MR) is 149 cm³/mol. The van der Waals surface area contributed by atoms with Crippen LogP contribution in [0.2, 0.25) is 0 Å². The molecular formula is C29H35N3O5S. The highest BCUT2D eigenvalue weighted by Gasteiger charge is 2.31. The van der Waals surface area contributed by atoms with Crippen LogP contribution in [0.3, 0.4) is 0 Å². The fraction of sp³-hybridized carbons (Fsp3) is 0.345. The highest BCUT2D eigenvalue weighted by Crippen LogP contribution is 2.34. The summed E-state index contributed by atoms with van der Waals surface area (Å²) in [6.45, 7) is 6.03. The van der Waals surface area contributed by atoms with Crippen LogP contribution in [0.25, 0.3) is 0 Å². The van der Waals surface area contributed by atoms with Crippen LogP contribution in [-0.4, -0.2) is 59.1 Å². The van der Waals surface area contributed by atoms with E-state index >= 15 is 0 Å². The van der Waals surface area contributed by atoms with E-state index < -0.39 is 10.0 Å². The van der Waals surface area contributed by atoms with E-state index in [4.69, 9.17) is 9.47 Å². The molecule has 0 aliphatic carbocycles. The van der Waals surface area contributed by atoms with Crippen molar-refractivity contribution >= 4 is 21.6 Å². The van der Waals surface area contributed by atoms with Crippen molar-refractivity contribution < 1.29 is 22.7 Å². The van der Waals surface area contributed by atoms with Gasteiger partial charge in [0.1, 0.15) is 0 Å². The summed E-state index contributed by atoms with van der Waals surface area (Å²) in [6, 6.07) is 19.0. The van der Waals surface area contributed by atoms with Crippen molar-refractivity contribution in [3.8, 4) is 11.5 Å².